The Morgan fingerprint density at radius 1 is 0.609 bits per heavy atom. The second-order valence-corrected chi connectivity index (χ2v) is 21.5. The highest BCUT2D eigenvalue weighted by Gasteiger charge is 2.53. The van der Waals surface area contributed by atoms with Gasteiger partial charge in [-0.15, -0.1) is 0 Å². The summed E-state index contributed by atoms with van der Waals surface area (Å²) in [6, 6.07) is 0. The Morgan fingerprint density at radius 2 is 1.13 bits per heavy atom. The summed E-state index contributed by atoms with van der Waals surface area (Å²) in [5.74, 6) is -4.12. The van der Waals surface area contributed by atoms with Crippen molar-refractivity contribution in [1.82, 2.24) is 5.32 Å². The first-order chi connectivity index (χ1) is 22.1. The van der Waals surface area contributed by atoms with Gasteiger partial charge in [-0.05, 0) is 53.7 Å². The van der Waals surface area contributed by atoms with Crippen LogP contribution in [0.4, 0.5) is 0 Å². The minimum Gasteiger partial charge on any atom is -0.481 e. The molecule has 1 amide bonds. The van der Waals surface area contributed by atoms with Crippen LogP contribution in [-0.4, -0.2) is 58.8 Å². The summed E-state index contributed by atoms with van der Waals surface area (Å²) < 4.78 is 0.139. The number of hydrogen-bond donors (Lipinski definition) is 4. The highest BCUT2D eigenvalue weighted by molar-refractivity contribution is 9.14. The first-order valence-corrected chi connectivity index (χ1v) is 23.2. The Hall–Kier alpha value is -0.350. The molecule has 0 aromatic heterocycles. The molecular weight excluding hydrogens is 707 g/mol. The standard InChI is InChI=1S/C31H51NO8S6.H2/c33-24(16-12-10-8-6-4-2-1-3-5-7-9-11-13-18-27(35)36)22-23(28(37)38)19-20-26(34)32-21-15-14-17-25(29(39)40)30-41-43-31(44-42-30)45-46-31;/h23,25,30H,1-22H2,(H,32,34)(H,35,36)(H,37,38)(H,39,40);1H/t23-,25+;/m1./s1. The maximum Gasteiger partial charge on any atom is 0.308 e. The van der Waals surface area contributed by atoms with Gasteiger partial charge in [0.25, 0.3) is 0 Å². The molecule has 2 fully saturated rings. The van der Waals surface area contributed by atoms with Crippen molar-refractivity contribution >= 4 is 94.4 Å². The maximum absolute atomic E-state index is 12.4. The summed E-state index contributed by atoms with van der Waals surface area (Å²) in [4.78, 5) is 58.7. The van der Waals surface area contributed by atoms with Gasteiger partial charge >= 0.3 is 17.9 Å². The SMILES string of the molecule is O=C(O)CCCCCCCCCCCCCCCC(=O)C[C@@H](CCC(=O)NCCCC[C@@H](C(=O)O)C1SSC2(SS1)SS2)C(=O)O.[HH]. The van der Waals surface area contributed by atoms with Crippen molar-refractivity contribution in [2.24, 2.45) is 11.8 Å². The van der Waals surface area contributed by atoms with Gasteiger partial charge in [0.1, 0.15) is 5.78 Å². The van der Waals surface area contributed by atoms with Gasteiger partial charge in [0.2, 0.25) is 5.91 Å². The van der Waals surface area contributed by atoms with Gasteiger partial charge in [0.15, 0.2) is 2.74 Å². The maximum atomic E-state index is 12.4. The average Bonchev–Trinajstić information content (AvgIpc) is 3.77. The molecular formula is C31H53NO8S6. The topological polar surface area (TPSA) is 158 Å². The summed E-state index contributed by atoms with van der Waals surface area (Å²) in [5.41, 5.74) is 0. The smallest absolute Gasteiger partial charge is 0.308 e. The minimum atomic E-state index is -1.04. The highest BCUT2D eigenvalue weighted by Crippen LogP contribution is 2.84. The molecule has 2 aliphatic heterocycles. The molecule has 4 N–H and O–H groups in total. The van der Waals surface area contributed by atoms with Crippen molar-refractivity contribution in [3.63, 3.8) is 0 Å². The van der Waals surface area contributed by atoms with E-state index in [2.05, 4.69) is 5.32 Å². The zero-order valence-corrected chi connectivity index (χ0v) is 31.5. The van der Waals surface area contributed by atoms with Crippen molar-refractivity contribution in [3.8, 4) is 0 Å². The van der Waals surface area contributed by atoms with Crippen LogP contribution in [0.25, 0.3) is 0 Å². The minimum absolute atomic E-state index is 0. The van der Waals surface area contributed by atoms with Crippen LogP contribution in [0.3, 0.4) is 0 Å². The van der Waals surface area contributed by atoms with Gasteiger partial charge in [-0.1, -0.05) is 120 Å². The van der Waals surface area contributed by atoms with E-state index >= 15 is 0 Å². The molecule has 2 rings (SSSR count). The molecule has 0 saturated carbocycles. The molecule has 1 spiro atoms. The van der Waals surface area contributed by atoms with E-state index in [1.807, 2.05) is 21.6 Å². The molecule has 0 aliphatic carbocycles. The van der Waals surface area contributed by atoms with Crippen molar-refractivity contribution in [1.29, 1.82) is 0 Å². The summed E-state index contributed by atoms with van der Waals surface area (Å²) >= 11 is 0. The molecule has 2 saturated heterocycles. The number of amides is 1. The number of ketones is 1. The number of Topliss-reactive ketones (excluding diaryl/α,β-unsaturated/α-hetero) is 1. The van der Waals surface area contributed by atoms with E-state index in [0.29, 0.717) is 32.2 Å². The van der Waals surface area contributed by atoms with Gasteiger partial charge in [-0.2, -0.15) is 0 Å². The predicted octanol–water partition coefficient (Wildman–Crippen LogP) is 9.70. The third kappa shape index (κ3) is 19.6. The molecule has 0 unspecified atom stereocenters. The predicted molar refractivity (Wildman–Crippen MR) is 199 cm³/mol. The van der Waals surface area contributed by atoms with Crippen LogP contribution in [-0.2, 0) is 24.0 Å². The van der Waals surface area contributed by atoms with Crippen LogP contribution in [0.5, 0.6) is 0 Å². The molecule has 15 heteroatoms. The summed E-state index contributed by atoms with van der Waals surface area (Å²) in [5, 5.41) is 30.7. The molecule has 2 aliphatic rings. The van der Waals surface area contributed by atoms with E-state index in [0.717, 1.165) is 44.9 Å². The Kier molecular flexibility index (Phi) is 22.5. The monoisotopic (exact) mass is 759 g/mol. The lowest BCUT2D eigenvalue weighted by molar-refractivity contribution is -0.144. The molecule has 9 nitrogen and oxygen atoms in total. The largest absolute Gasteiger partial charge is 0.481 e. The summed E-state index contributed by atoms with van der Waals surface area (Å²) in [7, 11) is 10.4. The van der Waals surface area contributed by atoms with E-state index in [1.165, 1.54) is 38.5 Å². The molecule has 2 heterocycles. The third-order valence-electron chi connectivity index (χ3n) is 8.01. The fourth-order valence-corrected chi connectivity index (χ4v) is 19.0. The number of carbonyl (C=O) groups is 5. The van der Waals surface area contributed by atoms with Crippen molar-refractivity contribution in [2.75, 3.05) is 6.54 Å². The average molecular weight is 760 g/mol. The zero-order chi connectivity index (χ0) is 33.6. The Labute approximate surface area is 299 Å². The van der Waals surface area contributed by atoms with Crippen molar-refractivity contribution in [3.05, 3.63) is 0 Å². The van der Waals surface area contributed by atoms with E-state index in [9.17, 15) is 34.2 Å². The van der Waals surface area contributed by atoms with Crippen LogP contribution >= 0.6 is 64.8 Å². The number of aliphatic carboxylic acids is 3. The van der Waals surface area contributed by atoms with Gasteiger partial charge in [-0.3, -0.25) is 24.0 Å². The molecule has 2 atom stereocenters. The fraction of sp³-hybridized carbons (Fsp3) is 0.839. The summed E-state index contributed by atoms with van der Waals surface area (Å²) in [6.07, 6.45) is 16.8. The first-order valence-electron chi connectivity index (χ1n) is 16.6. The second kappa shape index (κ2) is 24.7. The van der Waals surface area contributed by atoms with Gasteiger partial charge in [-0.25, -0.2) is 0 Å². The van der Waals surface area contributed by atoms with Crippen LogP contribution in [0, 0.1) is 11.8 Å². The molecule has 0 bridgehead atoms. The lowest BCUT2D eigenvalue weighted by Gasteiger charge is -2.27. The van der Waals surface area contributed by atoms with Crippen LogP contribution in [0.2, 0.25) is 0 Å². The number of rotatable bonds is 29. The quantitative estimate of drug-likeness (QED) is 0.0324. The number of hydrogen-bond acceptors (Lipinski definition) is 11. The van der Waals surface area contributed by atoms with Gasteiger partial charge < -0.3 is 20.6 Å². The number of carboxylic acid groups (broad SMARTS) is 3. The Balaban J connectivity index is 0.0000110. The normalized spacial score (nSPS) is 17.0. The van der Waals surface area contributed by atoms with Crippen LogP contribution in [0.15, 0.2) is 0 Å². The lowest BCUT2D eigenvalue weighted by atomic mass is 9.94. The molecule has 266 valence electrons. The third-order valence-corrected chi connectivity index (χ3v) is 21.9. The van der Waals surface area contributed by atoms with E-state index in [1.54, 1.807) is 43.2 Å². The van der Waals surface area contributed by atoms with E-state index < -0.39 is 29.7 Å². The molecule has 46 heavy (non-hydrogen) atoms. The van der Waals surface area contributed by atoms with Gasteiger partial charge in [0, 0.05) is 33.7 Å². The molecule has 0 aromatic rings. The second-order valence-electron chi connectivity index (χ2n) is 12.0. The first kappa shape index (κ1) is 41.8. The molecule has 0 radical (unpaired) electrons. The summed E-state index contributed by atoms with van der Waals surface area (Å²) in [6.45, 7) is 0.421. The highest BCUT2D eigenvalue weighted by atomic mass is 33.2. The van der Waals surface area contributed by atoms with Gasteiger partial charge in [0.05, 0.1) is 16.4 Å². The number of unbranched alkanes of at least 4 members (excludes halogenated alkanes) is 13. The fourth-order valence-electron chi connectivity index (χ4n) is 5.19. The Morgan fingerprint density at radius 3 is 1.61 bits per heavy atom. The number of nitrogens with one attached hydrogen (secondary N) is 1. The van der Waals surface area contributed by atoms with Crippen molar-refractivity contribution in [2.45, 2.75) is 142 Å². The molecule has 0 aromatic carbocycles. The van der Waals surface area contributed by atoms with Crippen LogP contribution < -0.4 is 5.32 Å². The number of carbonyl (C=O) groups excluding carboxylic acids is 2. The number of carboxylic acids is 3. The Bertz CT molecular complexity index is 951. The van der Waals surface area contributed by atoms with Crippen LogP contribution in [0.1, 0.15) is 136 Å². The lowest BCUT2D eigenvalue weighted by Crippen LogP contribution is -2.27. The van der Waals surface area contributed by atoms with Crippen molar-refractivity contribution < 1.29 is 40.7 Å². The zero-order valence-electron chi connectivity index (χ0n) is 26.6. The van der Waals surface area contributed by atoms with E-state index in [-0.39, 0.29) is 46.1 Å². The van der Waals surface area contributed by atoms with E-state index in [4.69, 9.17) is 5.11 Å².